The number of rotatable bonds is 5. The maximum Gasteiger partial charge on any atom is 0.410 e. The molecule has 3 heteroatoms. The molecule has 0 fully saturated rings. The molecule has 0 heterocycles. The molecule has 0 aliphatic heterocycles. The molecule has 100 valence electrons. The molecule has 0 saturated heterocycles. The molecule has 3 nitrogen and oxygen atoms in total. The van der Waals surface area contributed by atoms with E-state index in [0.29, 0.717) is 6.61 Å². The van der Waals surface area contributed by atoms with Crippen LogP contribution in [0.25, 0.3) is 0 Å². The Kier molecular flexibility index (Phi) is 5.69. The summed E-state index contributed by atoms with van der Waals surface area (Å²) in [6.07, 6.45) is 0.535. The van der Waals surface area contributed by atoms with Crippen molar-refractivity contribution in [3.05, 3.63) is 35.9 Å². The van der Waals surface area contributed by atoms with Crippen molar-refractivity contribution >= 4 is 6.09 Å². The van der Waals surface area contributed by atoms with E-state index in [1.807, 2.05) is 58.0 Å². The summed E-state index contributed by atoms with van der Waals surface area (Å²) in [6, 6.07) is 10.4. The smallest absolute Gasteiger partial charge is 0.410 e. The Bertz CT molecular complexity index is 352. The molecule has 0 saturated carbocycles. The van der Waals surface area contributed by atoms with Gasteiger partial charge in [0.15, 0.2) is 0 Å². The van der Waals surface area contributed by atoms with Crippen LogP contribution < -0.4 is 0 Å². The van der Waals surface area contributed by atoms with E-state index in [0.717, 1.165) is 6.42 Å². The summed E-state index contributed by atoms with van der Waals surface area (Å²) in [7, 11) is 0. The summed E-state index contributed by atoms with van der Waals surface area (Å²) in [6.45, 7) is 8.42. The molecule has 0 aliphatic rings. The van der Waals surface area contributed by atoms with E-state index in [4.69, 9.17) is 4.74 Å². The largest absolute Gasteiger partial charge is 0.449 e. The zero-order chi connectivity index (χ0) is 13.5. The van der Waals surface area contributed by atoms with E-state index < -0.39 is 0 Å². The Balaban J connectivity index is 2.41. The maximum atomic E-state index is 11.9. The summed E-state index contributed by atoms with van der Waals surface area (Å²) in [4.78, 5) is 13.7. The van der Waals surface area contributed by atoms with Crippen molar-refractivity contribution in [2.24, 2.45) is 0 Å². The molecule has 0 radical (unpaired) electrons. The fraction of sp³-hybridized carbons (Fsp3) is 0.533. The number of hydrogen-bond acceptors (Lipinski definition) is 2. The van der Waals surface area contributed by atoms with Gasteiger partial charge in [-0.05, 0) is 33.3 Å². The molecule has 0 N–H and O–H groups in total. The number of benzene rings is 1. The molecule has 1 aromatic rings. The van der Waals surface area contributed by atoms with Gasteiger partial charge in [-0.25, -0.2) is 4.79 Å². The molecule has 1 amide bonds. The highest BCUT2D eigenvalue weighted by Crippen LogP contribution is 2.08. The van der Waals surface area contributed by atoms with E-state index in [2.05, 4.69) is 0 Å². The van der Waals surface area contributed by atoms with Gasteiger partial charge in [-0.2, -0.15) is 0 Å². The van der Waals surface area contributed by atoms with Crippen LogP contribution in [0.15, 0.2) is 30.3 Å². The van der Waals surface area contributed by atoms with Gasteiger partial charge in [-0.3, -0.25) is 0 Å². The third-order valence-electron chi connectivity index (χ3n) is 2.78. The van der Waals surface area contributed by atoms with Gasteiger partial charge in [0.1, 0.15) is 0 Å². The molecular formula is C15H23NO2. The Morgan fingerprint density at radius 3 is 2.17 bits per heavy atom. The number of carbonyl (C=O) groups excluding carboxylic acids is 1. The first-order valence-electron chi connectivity index (χ1n) is 6.51. The molecule has 0 unspecified atom stereocenters. The fourth-order valence-corrected chi connectivity index (χ4v) is 1.99. The summed E-state index contributed by atoms with van der Waals surface area (Å²) in [5, 5.41) is 0. The van der Waals surface area contributed by atoms with Gasteiger partial charge >= 0.3 is 6.09 Å². The monoisotopic (exact) mass is 249 g/mol. The number of amides is 1. The van der Waals surface area contributed by atoms with E-state index in [9.17, 15) is 4.79 Å². The van der Waals surface area contributed by atoms with Crippen molar-refractivity contribution in [2.75, 3.05) is 6.61 Å². The Morgan fingerprint density at radius 2 is 1.67 bits per heavy atom. The van der Waals surface area contributed by atoms with Gasteiger partial charge in [0.2, 0.25) is 0 Å². The molecule has 0 aromatic heterocycles. The summed E-state index contributed by atoms with van der Waals surface area (Å²) in [5.41, 5.74) is 1.19. The SMILES string of the molecule is CC(C)N(C(=O)OCCc1ccccc1)C(C)C. The molecule has 0 bridgehead atoms. The fourth-order valence-electron chi connectivity index (χ4n) is 1.99. The number of nitrogens with zero attached hydrogens (tertiary/aromatic N) is 1. The highest BCUT2D eigenvalue weighted by molar-refractivity contribution is 5.68. The topological polar surface area (TPSA) is 29.5 Å². The quantitative estimate of drug-likeness (QED) is 0.799. The van der Waals surface area contributed by atoms with Crippen LogP contribution in [0.5, 0.6) is 0 Å². The molecule has 1 rings (SSSR count). The van der Waals surface area contributed by atoms with Crippen LogP contribution >= 0.6 is 0 Å². The normalized spacial score (nSPS) is 10.8. The summed E-state index contributed by atoms with van der Waals surface area (Å²) < 4.78 is 5.32. The van der Waals surface area contributed by atoms with E-state index in [1.54, 1.807) is 4.90 Å². The van der Waals surface area contributed by atoms with Crippen LogP contribution in [-0.2, 0) is 11.2 Å². The number of ether oxygens (including phenoxy) is 1. The van der Waals surface area contributed by atoms with Crippen molar-refractivity contribution in [3.8, 4) is 0 Å². The average Bonchev–Trinajstić information content (AvgIpc) is 2.29. The minimum absolute atomic E-state index is 0.161. The highest BCUT2D eigenvalue weighted by Gasteiger charge is 2.21. The highest BCUT2D eigenvalue weighted by atomic mass is 16.6. The second-order valence-electron chi connectivity index (χ2n) is 4.94. The molecule has 0 spiro atoms. The molecule has 1 aromatic carbocycles. The van der Waals surface area contributed by atoms with Gasteiger partial charge < -0.3 is 9.64 Å². The second-order valence-corrected chi connectivity index (χ2v) is 4.94. The minimum Gasteiger partial charge on any atom is -0.449 e. The second kappa shape index (κ2) is 7.04. The minimum atomic E-state index is -0.226. The summed E-state index contributed by atoms with van der Waals surface area (Å²) in [5.74, 6) is 0. The lowest BCUT2D eigenvalue weighted by molar-refractivity contribution is 0.0801. The lowest BCUT2D eigenvalue weighted by Crippen LogP contribution is -2.42. The number of carbonyl (C=O) groups is 1. The third kappa shape index (κ3) is 4.40. The zero-order valence-electron chi connectivity index (χ0n) is 11.7. The Morgan fingerprint density at radius 1 is 1.11 bits per heavy atom. The van der Waals surface area contributed by atoms with E-state index in [1.165, 1.54) is 5.56 Å². The van der Waals surface area contributed by atoms with Crippen molar-refractivity contribution in [1.82, 2.24) is 4.90 Å². The van der Waals surface area contributed by atoms with Gasteiger partial charge in [-0.15, -0.1) is 0 Å². The molecule has 0 atom stereocenters. The molecular weight excluding hydrogens is 226 g/mol. The standard InChI is InChI=1S/C15H23NO2/c1-12(2)16(13(3)4)15(17)18-11-10-14-8-6-5-7-9-14/h5-9,12-13H,10-11H2,1-4H3. The van der Waals surface area contributed by atoms with Crippen molar-refractivity contribution < 1.29 is 9.53 Å². The van der Waals surface area contributed by atoms with E-state index >= 15 is 0 Å². The predicted octanol–water partition coefficient (Wildman–Crippen LogP) is 3.48. The predicted molar refractivity (Wildman–Crippen MR) is 73.6 cm³/mol. The maximum absolute atomic E-state index is 11.9. The zero-order valence-corrected chi connectivity index (χ0v) is 11.7. The van der Waals surface area contributed by atoms with Crippen LogP contribution in [0.1, 0.15) is 33.3 Å². The van der Waals surface area contributed by atoms with Crippen LogP contribution in [0, 0.1) is 0 Å². The number of hydrogen-bond donors (Lipinski definition) is 0. The first kappa shape index (κ1) is 14.6. The first-order chi connectivity index (χ1) is 8.52. The lowest BCUT2D eigenvalue weighted by Gasteiger charge is -2.29. The first-order valence-corrected chi connectivity index (χ1v) is 6.51. The average molecular weight is 249 g/mol. The van der Waals surface area contributed by atoms with Gasteiger partial charge in [0, 0.05) is 18.5 Å². The van der Waals surface area contributed by atoms with E-state index in [-0.39, 0.29) is 18.2 Å². The van der Waals surface area contributed by atoms with Crippen LogP contribution in [0.3, 0.4) is 0 Å². The van der Waals surface area contributed by atoms with Crippen LogP contribution in [0.4, 0.5) is 4.79 Å². The van der Waals surface area contributed by atoms with Crippen molar-refractivity contribution in [2.45, 2.75) is 46.2 Å². The van der Waals surface area contributed by atoms with Crippen molar-refractivity contribution in [3.63, 3.8) is 0 Å². The third-order valence-corrected chi connectivity index (χ3v) is 2.78. The van der Waals surface area contributed by atoms with Crippen molar-refractivity contribution in [1.29, 1.82) is 0 Å². The van der Waals surface area contributed by atoms with Crippen LogP contribution in [0.2, 0.25) is 0 Å². The van der Waals surface area contributed by atoms with Gasteiger partial charge in [0.25, 0.3) is 0 Å². The molecule has 0 aliphatic carbocycles. The van der Waals surface area contributed by atoms with Crippen LogP contribution in [-0.4, -0.2) is 29.7 Å². The van der Waals surface area contributed by atoms with Gasteiger partial charge in [-0.1, -0.05) is 30.3 Å². The van der Waals surface area contributed by atoms with Gasteiger partial charge in [0.05, 0.1) is 6.61 Å². The molecule has 18 heavy (non-hydrogen) atoms. The lowest BCUT2D eigenvalue weighted by atomic mass is 10.2. The Labute approximate surface area is 110 Å². The Hall–Kier alpha value is -1.51. The summed E-state index contributed by atoms with van der Waals surface area (Å²) >= 11 is 0.